The first-order chi connectivity index (χ1) is 12.7. The summed E-state index contributed by atoms with van der Waals surface area (Å²) in [6.07, 6.45) is 1.85. The minimum absolute atomic E-state index is 0.145. The molecule has 0 spiro atoms. The Morgan fingerprint density at radius 3 is 2.69 bits per heavy atom. The van der Waals surface area contributed by atoms with Crippen LogP contribution >= 0.6 is 11.3 Å². The van der Waals surface area contributed by atoms with Gasteiger partial charge in [0.25, 0.3) is 0 Å². The van der Waals surface area contributed by atoms with Gasteiger partial charge in [-0.1, -0.05) is 32.0 Å². The normalized spacial score (nSPS) is 19.8. The Kier molecular flexibility index (Phi) is 4.80. The second-order valence-corrected chi connectivity index (χ2v) is 9.64. The number of hydrogen-bond donors (Lipinski definition) is 0. The number of benzene rings is 1. The molecule has 0 aliphatic carbocycles. The van der Waals surface area contributed by atoms with E-state index in [1.165, 1.54) is 0 Å². The predicted molar refractivity (Wildman–Crippen MR) is 111 cm³/mol. The number of aromatic nitrogens is 2. The van der Waals surface area contributed by atoms with Gasteiger partial charge in [-0.2, -0.15) is 0 Å². The molecule has 26 heavy (non-hydrogen) atoms. The summed E-state index contributed by atoms with van der Waals surface area (Å²) in [5.74, 6) is 2.45. The van der Waals surface area contributed by atoms with E-state index in [-0.39, 0.29) is 4.75 Å². The highest BCUT2D eigenvalue weighted by Crippen LogP contribution is 2.34. The van der Waals surface area contributed by atoms with Gasteiger partial charge in [0.2, 0.25) is 0 Å². The average Bonchev–Trinajstić information content (AvgIpc) is 3.23. The van der Waals surface area contributed by atoms with E-state index < -0.39 is 10.8 Å². The Bertz CT molecular complexity index is 935. The number of hydrogen-bond acceptors (Lipinski definition) is 5. The molecule has 0 N–H and O–H groups in total. The van der Waals surface area contributed by atoms with Crippen LogP contribution in [0.25, 0.3) is 21.6 Å². The molecule has 1 aromatic carbocycles. The lowest BCUT2D eigenvalue weighted by atomic mass is 10.0. The van der Waals surface area contributed by atoms with E-state index in [0.717, 1.165) is 53.4 Å². The van der Waals surface area contributed by atoms with E-state index in [9.17, 15) is 4.21 Å². The van der Waals surface area contributed by atoms with Crippen LogP contribution in [0, 0.1) is 0 Å². The standard InChI is InChI=1S/C20H23N3OS2/c1-3-20(4-2)14-23(11-13-26(20)24)19-15-8-5-6-9-16(15)21-18(22-19)17-10-7-12-25-17/h5-10,12H,3-4,11,13-14H2,1-2H3. The molecule has 6 heteroatoms. The van der Waals surface area contributed by atoms with Crippen LogP contribution in [-0.2, 0) is 10.8 Å². The summed E-state index contributed by atoms with van der Waals surface area (Å²) in [5.41, 5.74) is 0.964. The first-order valence-electron chi connectivity index (χ1n) is 9.11. The van der Waals surface area contributed by atoms with Crippen LogP contribution in [0.3, 0.4) is 0 Å². The molecule has 4 rings (SSSR count). The molecule has 1 aliphatic heterocycles. The number of para-hydroxylation sites is 1. The van der Waals surface area contributed by atoms with E-state index in [2.05, 4.69) is 36.3 Å². The van der Waals surface area contributed by atoms with Crippen LogP contribution in [0.5, 0.6) is 0 Å². The molecule has 136 valence electrons. The van der Waals surface area contributed by atoms with Crippen molar-refractivity contribution < 1.29 is 4.21 Å². The summed E-state index contributed by atoms with van der Waals surface area (Å²) in [7, 11) is -0.783. The summed E-state index contributed by atoms with van der Waals surface area (Å²) < 4.78 is 12.6. The average molecular weight is 386 g/mol. The van der Waals surface area contributed by atoms with E-state index in [1.807, 2.05) is 24.3 Å². The highest BCUT2D eigenvalue weighted by Gasteiger charge is 2.39. The Labute approximate surface area is 160 Å². The quantitative estimate of drug-likeness (QED) is 0.664. The van der Waals surface area contributed by atoms with Crippen molar-refractivity contribution in [1.29, 1.82) is 0 Å². The topological polar surface area (TPSA) is 46.1 Å². The van der Waals surface area contributed by atoms with Gasteiger partial charge in [0, 0.05) is 35.0 Å². The number of thiophene rings is 1. The smallest absolute Gasteiger partial charge is 0.172 e. The lowest BCUT2D eigenvalue weighted by molar-refractivity contribution is 0.495. The maximum absolute atomic E-state index is 12.7. The van der Waals surface area contributed by atoms with Crippen molar-refractivity contribution >= 4 is 38.9 Å². The lowest BCUT2D eigenvalue weighted by Gasteiger charge is -2.42. The van der Waals surface area contributed by atoms with Crippen molar-refractivity contribution in [2.45, 2.75) is 31.4 Å². The molecule has 1 fully saturated rings. The zero-order valence-electron chi connectivity index (χ0n) is 15.1. The first kappa shape index (κ1) is 17.6. The van der Waals surface area contributed by atoms with Crippen LogP contribution in [0.2, 0.25) is 0 Å². The monoisotopic (exact) mass is 385 g/mol. The second-order valence-electron chi connectivity index (χ2n) is 6.73. The summed E-state index contributed by atoms with van der Waals surface area (Å²) in [5, 5.41) is 3.12. The molecule has 0 bridgehead atoms. The predicted octanol–water partition coefficient (Wildman–Crippen LogP) is 4.49. The van der Waals surface area contributed by atoms with Gasteiger partial charge >= 0.3 is 0 Å². The molecular weight excluding hydrogens is 362 g/mol. The Morgan fingerprint density at radius 1 is 1.15 bits per heavy atom. The fourth-order valence-corrected chi connectivity index (χ4v) is 6.12. The molecule has 0 radical (unpaired) electrons. The Balaban J connectivity index is 1.84. The highest BCUT2D eigenvalue weighted by molar-refractivity contribution is 7.86. The third kappa shape index (κ3) is 2.95. The van der Waals surface area contributed by atoms with Gasteiger partial charge in [0.05, 0.1) is 15.1 Å². The van der Waals surface area contributed by atoms with Crippen LogP contribution in [0.1, 0.15) is 26.7 Å². The Morgan fingerprint density at radius 2 is 1.96 bits per heavy atom. The van der Waals surface area contributed by atoms with Gasteiger partial charge in [-0.15, -0.1) is 11.3 Å². The third-order valence-electron chi connectivity index (χ3n) is 5.42. The number of anilines is 1. The lowest BCUT2D eigenvalue weighted by Crippen LogP contribution is -2.53. The minimum atomic E-state index is -0.783. The largest absolute Gasteiger partial charge is 0.354 e. The minimum Gasteiger partial charge on any atom is -0.354 e. The highest BCUT2D eigenvalue weighted by atomic mass is 32.2. The molecule has 0 saturated carbocycles. The SMILES string of the molecule is CCC1(CC)CN(c2nc(-c3cccs3)nc3ccccc23)CCS1=O. The van der Waals surface area contributed by atoms with Gasteiger partial charge in [-0.05, 0) is 36.4 Å². The zero-order chi connectivity index (χ0) is 18.1. The fraction of sp³-hybridized carbons (Fsp3) is 0.400. The van der Waals surface area contributed by atoms with Crippen molar-refractivity contribution in [2.75, 3.05) is 23.7 Å². The van der Waals surface area contributed by atoms with Crippen LogP contribution < -0.4 is 4.90 Å². The van der Waals surface area contributed by atoms with E-state index in [1.54, 1.807) is 11.3 Å². The van der Waals surface area contributed by atoms with Crippen molar-refractivity contribution in [2.24, 2.45) is 0 Å². The first-order valence-corrected chi connectivity index (χ1v) is 11.3. The Hall–Kier alpha value is -1.79. The van der Waals surface area contributed by atoms with Crippen LogP contribution in [0.4, 0.5) is 5.82 Å². The molecule has 1 saturated heterocycles. The number of nitrogens with zero attached hydrogens (tertiary/aromatic N) is 3. The van der Waals surface area contributed by atoms with Gasteiger partial charge in [0.1, 0.15) is 5.82 Å². The van der Waals surface area contributed by atoms with Crippen LogP contribution in [-0.4, -0.2) is 37.8 Å². The van der Waals surface area contributed by atoms with Crippen molar-refractivity contribution in [3.8, 4) is 10.7 Å². The molecular formula is C20H23N3OS2. The van der Waals surface area contributed by atoms with Crippen LogP contribution in [0.15, 0.2) is 41.8 Å². The molecule has 3 heterocycles. The number of fused-ring (bicyclic) bond motifs is 1. The molecule has 1 atom stereocenters. The van der Waals surface area contributed by atoms with Gasteiger partial charge in [0.15, 0.2) is 5.82 Å². The summed E-state index contributed by atoms with van der Waals surface area (Å²) in [6.45, 7) is 5.87. The van der Waals surface area contributed by atoms with Gasteiger partial charge in [-0.3, -0.25) is 4.21 Å². The maximum atomic E-state index is 12.7. The van der Waals surface area contributed by atoms with E-state index in [4.69, 9.17) is 9.97 Å². The molecule has 1 aliphatic rings. The van der Waals surface area contributed by atoms with Gasteiger partial charge in [-0.25, -0.2) is 9.97 Å². The molecule has 3 aromatic rings. The summed E-state index contributed by atoms with van der Waals surface area (Å²) >= 11 is 1.66. The third-order valence-corrected chi connectivity index (χ3v) is 8.51. The van der Waals surface area contributed by atoms with E-state index >= 15 is 0 Å². The zero-order valence-corrected chi connectivity index (χ0v) is 16.8. The molecule has 1 unspecified atom stereocenters. The second kappa shape index (κ2) is 7.08. The summed E-state index contributed by atoms with van der Waals surface area (Å²) in [4.78, 5) is 13.1. The molecule has 2 aromatic heterocycles. The van der Waals surface area contributed by atoms with E-state index in [0.29, 0.717) is 5.75 Å². The molecule has 0 amide bonds. The van der Waals surface area contributed by atoms with Crippen molar-refractivity contribution in [3.63, 3.8) is 0 Å². The van der Waals surface area contributed by atoms with Crippen molar-refractivity contribution in [1.82, 2.24) is 9.97 Å². The fourth-order valence-electron chi connectivity index (χ4n) is 3.70. The molecule has 4 nitrogen and oxygen atoms in total. The summed E-state index contributed by atoms with van der Waals surface area (Å²) in [6, 6.07) is 12.3. The van der Waals surface area contributed by atoms with Crippen molar-refractivity contribution in [3.05, 3.63) is 41.8 Å². The van der Waals surface area contributed by atoms with Gasteiger partial charge < -0.3 is 4.90 Å². The number of rotatable bonds is 4. The maximum Gasteiger partial charge on any atom is 0.172 e.